The van der Waals surface area contributed by atoms with Crippen molar-refractivity contribution in [2.45, 2.75) is 25.8 Å². The number of piperidine rings is 1. The number of nitrogens with zero attached hydrogens (tertiary/aromatic N) is 2. The SMILES string of the molecule is OCC1(Cc2ccccc2F)CCCN(Cc2ccc3ccccc3n2)C1. The molecule has 1 saturated heterocycles. The van der Waals surface area contributed by atoms with Gasteiger partial charge in [-0.15, -0.1) is 0 Å². The number of hydrogen-bond donors (Lipinski definition) is 1. The van der Waals surface area contributed by atoms with Crippen LogP contribution in [0.4, 0.5) is 4.39 Å². The van der Waals surface area contributed by atoms with Gasteiger partial charge in [0, 0.05) is 23.9 Å². The number of aliphatic hydroxyl groups excluding tert-OH is 1. The third-order valence-corrected chi connectivity index (χ3v) is 5.64. The lowest BCUT2D eigenvalue weighted by atomic mass is 9.75. The fourth-order valence-electron chi connectivity index (χ4n) is 4.25. The van der Waals surface area contributed by atoms with E-state index in [0.29, 0.717) is 12.0 Å². The molecule has 1 aromatic heterocycles. The molecule has 3 nitrogen and oxygen atoms in total. The second kappa shape index (κ2) is 7.75. The highest BCUT2D eigenvalue weighted by Crippen LogP contribution is 2.34. The van der Waals surface area contributed by atoms with Crippen molar-refractivity contribution < 1.29 is 9.50 Å². The molecule has 0 spiro atoms. The van der Waals surface area contributed by atoms with E-state index in [2.05, 4.69) is 23.1 Å². The van der Waals surface area contributed by atoms with E-state index < -0.39 is 0 Å². The van der Waals surface area contributed by atoms with Crippen LogP contribution in [-0.2, 0) is 13.0 Å². The van der Waals surface area contributed by atoms with E-state index >= 15 is 0 Å². The summed E-state index contributed by atoms with van der Waals surface area (Å²) in [4.78, 5) is 7.12. The van der Waals surface area contributed by atoms with Gasteiger partial charge in [0.1, 0.15) is 5.82 Å². The van der Waals surface area contributed by atoms with Gasteiger partial charge in [-0.2, -0.15) is 0 Å². The summed E-state index contributed by atoms with van der Waals surface area (Å²) in [5, 5.41) is 11.3. The first-order valence-corrected chi connectivity index (χ1v) is 9.59. The first-order chi connectivity index (χ1) is 13.2. The predicted octanol–water partition coefficient (Wildman–Crippen LogP) is 4.19. The quantitative estimate of drug-likeness (QED) is 0.737. The number of para-hydroxylation sites is 1. The monoisotopic (exact) mass is 364 g/mol. The van der Waals surface area contributed by atoms with Gasteiger partial charge in [-0.05, 0) is 49.6 Å². The summed E-state index contributed by atoms with van der Waals surface area (Å²) in [5.74, 6) is -0.182. The molecule has 3 aromatic rings. The van der Waals surface area contributed by atoms with Crippen molar-refractivity contribution >= 4 is 10.9 Å². The molecule has 0 aliphatic carbocycles. The summed E-state index contributed by atoms with van der Waals surface area (Å²) >= 11 is 0. The van der Waals surface area contributed by atoms with Crippen LogP contribution in [0.25, 0.3) is 10.9 Å². The van der Waals surface area contributed by atoms with Gasteiger partial charge in [0.05, 0.1) is 17.8 Å². The van der Waals surface area contributed by atoms with Crippen molar-refractivity contribution in [1.82, 2.24) is 9.88 Å². The fraction of sp³-hybridized carbons (Fsp3) is 0.348. The largest absolute Gasteiger partial charge is 0.396 e. The molecule has 0 bridgehead atoms. The molecule has 0 radical (unpaired) electrons. The van der Waals surface area contributed by atoms with Crippen LogP contribution >= 0.6 is 0 Å². The molecule has 1 N–H and O–H groups in total. The van der Waals surface area contributed by atoms with E-state index in [-0.39, 0.29) is 17.8 Å². The zero-order valence-electron chi connectivity index (χ0n) is 15.4. The summed E-state index contributed by atoms with van der Waals surface area (Å²) in [7, 11) is 0. The van der Waals surface area contributed by atoms with Gasteiger partial charge >= 0.3 is 0 Å². The van der Waals surface area contributed by atoms with Gasteiger partial charge < -0.3 is 5.11 Å². The summed E-state index contributed by atoms with van der Waals surface area (Å²) < 4.78 is 14.1. The summed E-state index contributed by atoms with van der Waals surface area (Å²) in [6.45, 7) is 2.56. The minimum atomic E-state index is -0.294. The van der Waals surface area contributed by atoms with Gasteiger partial charge in [-0.3, -0.25) is 9.88 Å². The Labute approximate surface area is 159 Å². The lowest BCUT2D eigenvalue weighted by molar-refractivity contribution is 0.0278. The number of pyridine rings is 1. The Bertz CT molecular complexity index is 929. The average molecular weight is 364 g/mol. The van der Waals surface area contributed by atoms with E-state index in [4.69, 9.17) is 4.98 Å². The molecule has 4 rings (SSSR count). The molecule has 1 aliphatic rings. The van der Waals surface area contributed by atoms with Crippen LogP contribution in [0.5, 0.6) is 0 Å². The summed E-state index contributed by atoms with van der Waals surface area (Å²) in [6.07, 6.45) is 2.49. The van der Waals surface area contributed by atoms with Gasteiger partial charge in [0.2, 0.25) is 0 Å². The number of benzene rings is 2. The van der Waals surface area contributed by atoms with Crippen molar-refractivity contribution in [1.29, 1.82) is 0 Å². The minimum absolute atomic E-state index is 0.0724. The van der Waals surface area contributed by atoms with E-state index in [1.54, 1.807) is 6.07 Å². The fourth-order valence-corrected chi connectivity index (χ4v) is 4.25. The summed E-state index contributed by atoms with van der Waals surface area (Å²) in [5.41, 5.74) is 2.44. The number of likely N-dealkylation sites (tertiary alicyclic amines) is 1. The van der Waals surface area contributed by atoms with Crippen LogP contribution in [0.1, 0.15) is 24.1 Å². The highest BCUT2D eigenvalue weighted by Gasteiger charge is 2.35. The number of fused-ring (bicyclic) bond motifs is 1. The minimum Gasteiger partial charge on any atom is -0.396 e. The summed E-state index contributed by atoms with van der Waals surface area (Å²) in [6, 6.07) is 19.2. The lowest BCUT2D eigenvalue weighted by Gasteiger charge is -2.42. The van der Waals surface area contributed by atoms with Crippen LogP contribution < -0.4 is 0 Å². The van der Waals surface area contributed by atoms with Crippen LogP contribution in [0.15, 0.2) is 60.7 Å². The first-order valence-electron chi connectivity index (χ1n) is 9.59. The Morgan fingerprint density at radius 2 is 1.85 bits per heavy atom. The molecule has 1 atom stereocenters. The molecule has 0 amide bonds. The lowest BCUT2D eigenvalue weighted by Crippen LogP contribution is -2.46. The highest BCUT2D eigenvalue weighted by molar-refractivity contribution is 5.78. The molecule has 140 valence electrons. The first kappa shape index (κ1) is 18.1. The van der Waals surface area contributed by atoms with Crippen molar-refractivity contribution in [3.05, 3.63) is 77.7 Å². The molecule has 1 unspecified atom stereocenters. The maximum absolute atomic E-state index is 14.1. The zero-order chi connectivity index (χ0) is 18.7. The maximum Gasteiger partial charge on any atom is 0.126 e. The number of rotatable bonds is 5. The second-order valence-electron chi connectivity index (χ2n) is 7.74. The smallest absolute Gasteiger partial charge is 0.126 e. The van der Waals surface area contributed by atoms with Crippen LogP contribution in [-0.4, -0.2) is 34.7 Å². The Morgan fingerprint density at radius 1 is 1.04 bits per heavy atom. The molecule has 1 fully saturated rings. The molecule has 2 heterocycles. The van der Waals surface area contributed by atoms with Crippen molar-refractivity contribution in [2.75, 3.05) is 19.7 Å². The number of aliphatic hydroxyl groups is 1. The highest BCUT2D eigenvalue weighted by atomic mass is 19.1. The van der Waals surface area contributed by atoms with Crippen LogP contribution in [0.3, 0.4) is 0 Å². The van der Waals surface area contributed by atoms with Gasteiger partial charge in [-0.1, -0.05) is 42.5 Å². The Morgan fingerprint density at radius 3 is 2.70 bits per heavy atom. The zero-order valence-corrected chi connectivity index (χ0v) is 15.4. The Balaban J connectivity index is 1.51. The van der Waals surface area contributed by atoms with Gasteiger partial charge in [-0.25, -0.2) is 4.39 Å². The van der Waals surface area contributed by atoms with Crippen molar-refractivity contribution in [2.24, 2.45) is 5.41 Å². The van der Waals surface area contributed by atoms with E-state index in [9.17, 15) is 9.50 Å². The molecular weight excluding hydrogens is 339 g/mol. The molecule has 2 aromatic carbocycles. The molecular formula is C23H25FN2O. The van der Waals surface area contributed by atoms with Crippen molar-refractivity contribution in [3.8, 4) is 0 Å². The average Bonchev–Trinajstić information content (AvgIpc) is 2.70. The standard InChI is InChI=1S/C23H25FN2O/c24-21-8-3-1-7-19(21)14-23(17-27)12-5-13-26(16-23)15-20-11-10-18-6-2-4-9-22(18)25-20/h1-4,6-11,27H,5,12-17H2. The number of halogens is 1. The topological polar surface area (TPSA) is 36.4 Å². The Kier molecular flexibility index (Phi) is 5.19. The van der Waals surface area contributed by atoms with Crippen molar-refractivity contribution in [3.63, 3.8) is 0 Å². The van der Waals surface area contributed by atoms with Gasteiger partial charge in [0.25, 0.3) is 0 Å². The molecule has 1 aliphatic heterocycles. The van der Waals surface area contributed by atoms with Crippen LogP contribution in [0.2, 0.25) is 0 Å². The predicted molar refractivity (Wildman–Crippen MR) is 106 cm³/mol. The second-order valence-corrected chi connectivity index (χ2v) is 7.74. The number of aromatic nitrogens is 1. The Hall–Kier alpha value is -2.30. The maximum atomic E-state index is 14.1. The third-order valence-electron chi connectivity index (χ3n) is 5.64. The van der Waals surface area contributed by atoms with E-state index in [1.807, 2.05) is 30.3 Å². The normalized spacial score (nSPS) is 20.8. The van der Waals surface area contributed by atoms with E-state index in [0.717, 1.165) is 49.1 Å². The number of hydrogen-bond acceptors (Lipinski definition) is 3. The van der Waals surface area contributed by atoms with Crippen LogP contribution in [0, 0.1) is 11.2 Å². The van der Waals surface area contributed by atoms with Gasteiger partial charge in [0.15, 0.2) is 0 Å². The third kappa shape index (κ3) is 4.02. The van der Waals surface area contributed by atoms with E-state index in [1.165, 1.54) is 6.07 Å². The molecule has 4 heteroatoms. The molecule has 27 heavy (non-hydrogen) atoms. The molecule has 0 saturated carbocycles.